The van der Waals surface area contributed by atoms with Crippen molar-refractivity contribution >= 4 is 43.9 Å². The SMILES string of the molecule is O=C(CS(=O)(=O)c1cn(Cc2ccccc2Cl)c2ccccc12)Nc1ccc(F)cc1. The van der Waals surface area contributed by atoms with Crippen molar-refractivity contribution in [2.45, 2.75) is 11.4 Å². The van der Waals surface area contributed by atoms with Gasteiger partial charge in [0, 0.05) is 34.4 Å². The summed E-state index contributed by atoms with van der Waals surface area (Å²) in [6.45, 7) is 0.386. The van der Waals surface area contributed by atoms with Gasteiger partial charge in [0.05, 0.1) is 4.90 Å². The van der Waals surface area contributed by atoms with Crippen LogP contribution in [0.15, 0.2) is 83.9 Å². The van der Waals surface area contributed by atoms with E-state index in [4.69, 9.17) is 11.6 Å². The number of nitrogens with zero attached hydrogens (tertiary/aromatic N) is 1. The predicted octanol–water partition coefficient (Wildman–Crippen LogP) is 4.89. The first kappa shape index (κ1) is 21.1. The van der Waals surface area contributed by atoms with Gasteiger partial charge >= 0.3 is 0 Å². The molecule has 4 rings (SSSR count). The zero-order valence-electron chi connectivity index (χ0n) is 16.3. The standard InChI is InChI=1S/C23H18ClFN2O3S/c24-20-7-3-1-5-16(20)13-27-14-22(19-6-2-4-8-21(19)27)31(29,30)15-23(28)26-18-11-9-17(25)10-12-18/h1-12,14H,13,15H2,(H,26,28). The fourth-order valence-electron chi connectivity index (χ4n) is 3.38. The topological polar surface area (TPSA) is 68.2 Å². The summed E-state index contributed by atoms with van der Waals surface area (Å²) in [6, 6.07) is 19.6. The highest BCUT2D eigenvalue weighted by Crippen LogP contribution is 2.28. The first-order chi connectivity index (χ1) is 14.8. The van der Waals surface area contributed by atoms with Crippen LogP contribution in [0.25, 0.3) is 10.9 Å². The van der Waals surface area contributed by atoms with Crippen LogP contribution in [0, 0.1) is 5.82 Å². The molecule has 0 radical (unpaired) electrons. The van der Waals surface area contributed by atoms with Crippen LogP contribution >= 0.6 is 11.6 Å². The van der Waals surface area contributed by atoms with Crippen LogP contribution in [0.3, 0.4) is 0 Å². The van der Waals surface area contributed by atoms with Crippen molar-refractivity contribution in [1.82, 2.24) is 4.57 Å². The van der Waals surface area contributed by atoms with Gasteiger partial charge in [0.2, 0.25) is 5.91 Å². The molecule has 3 aromatic carbocycles. The molecule has 0 spiro atoms. The van der Waals surface area contributed by atoms with Gasteiger partial charge < -0.3 is 9.88 Å². The van der Waals surface area contributed by atoms with Crippen LogP contribution in [-0.4, -0.2) is 24.6 Å². The summed E-state index contributed by atoms with van der Waals surface area (Å²) in [4.78, 5) is 12.4. The van der Waals surface area contributed by atoms with Gasteiger partial charge in [-0.05, 0) is 42.0 Å². The first-order valence-corrected chi connectivity index (χ1v) is 11.5. The van der Waals surface area contributed by atoms with Gasteiger partial charge in [-0.25, -0.2) is 12.8 Å². The highest BCUT2D eigenvalue weighted by Gasteiger charge is 2.24. The molecule has 1 aromatic heterocycles. The molecule has 0 atom stereocenters. The Morgan fingerprint density at radius 2 is 1.65 bits per heavy atom. The van der Waals surface area contributed by atoms with Gasteiger partial charge in [0.15, 0.2) is 9.84 Å². The molecule has 0 aliphatic rings. The van der Waals surface area contributed by atoms with E-state index in [9.17, 15) is 17.6 Å². The number of para-hydroxylation sites is 1. The van der Waals surface area contributed by atoms with Gasteiger partial charge in [-0.3, -0.25) is 4.79 Å². The van der Waals surface area contributed by atoms with E-state index in [0.717, 1.165) is 11.1 Å². The molecule has 0 saturated heterocycles. The van der Waals surface area contributed by atoms with Crippen molar-refractivity contribution in [3.8, 4) is 0 Å². The third kappa shape index (κ3) is 4.62. The molecule has 0 unspecified atom stereocenters. The Morgan fingerprint density at radius 3 is 2.39 bits per heavy atom. The Kier molecular flexibility index (Phi) is 5.80. The highest BCUT2D eigenvalue weighted by atomic mass is 35.5. The van der Waals surface area contributed by atoms with E-state index in [2.05, 4.69) is 5.32 Å². The van der Waals surface area contributed by atoms with Gasteiger partial charge in [-0.2, -0.15) is 0 Å². The normalized spacial score (nSPS) is 11.5. The number of aromatic nitrogens is 1. The Morgan fingerprint density at radius 1 is 0.968 bits per heavy atom. The number of hydrogen-bond acceptors (Lipinski definition) is 3. The molecule has 0 fully saturated rings. The van der Waals surface area contributed by atoms with Crippen LogP contribution < -0.4 is 5.32 Å². The van der Waals surface area contributed by atoms with Crippen molar-refractivity contribution in [2.24, 2.45) is 0 Å². The van der Waals surface area contributed by atoms with Crippen molar-refractivity contribution in [3.63, 3.8) is 0 Å². The molecule has 8 heteroatoms. The van der Waals surface area contributed by atoms with Crippen molar-refractivity contribution in [1.29, 1.82) is 0 Å². The van der Waals surface area contributed by atoms with E-state index in [1.54, 1.807) is 22.8 Å². The average Bonchev–Trinajstić information content (AvgIpc) is 3.11. The van der Waals surface area contributed by atoms with Crippen LogP contribution in [-0.2, 0) is 21.2 Å². The van der Waals surface area contributed by atoms with E-state index in [-0.39, 0.29) is 4.90 Å². The number of amides is 1. The maximum atomic E-state index is 13.1. The van der Waals surface area contributed by atoms with Crippen LogP contribution in [0.5, 0.6) is 0 Å². The van der Waals surface area contributed by atoms with Crippen LogP contribution in [0.2, 0.25) is 5.02 Å². The molecule has 1 heterocycles. The van der Waals surface area contributed by atoms with E-state index in [1.165, 1.54) is 30.5 Å². The first-order valence-electron chi connectivity index (χ1n) is 9.43. The number of carbonyl (C=O) groups is 1. The molecule has 158 valence electrons. The lowest BCUT2D eigenvalue weighted by Gasteiger charge is -2.07. The average molecular weight is 457 g/mol. The molecule has 5 nitrogen and oxygen atoms in total. The lowest BCUT2D eigenvalue weighted by atomic mass is 10.2. The molecule has 0 aliphatic heterocycles. The zero-order chi connectivity index (χ0) is 22.0. The van der Waals surface area contributed by atoms with Crippen molar-refractivity contribution < 1.29 is 17.6 Å². The molecule has 0 bridgehead atoms. The summed E-state index contributed by atoms with van der Waals surface area (Å²) in [7, 11) is -3.94. The zero-order valence-corrected chi connectivity index (χ0v) is 17.8. The van der Waals surface area contributed by atoms with Gasteiger partial charge in [-0.1, -0.05) is 48.0 Å². The second kappa shape index (κ2) is 8.53. The van der Waals surface area contributed by atoms with E-state index < -0.39 is 27.3 Å². The Hall–Kier alpha value is -3.16. The molecule has 31 heavy (non-hydrogen) atoms. The number of carbonyl (C=O) groups excluding carboxylic acids is 1. The van der Waals surface area contributed by atoms with Crippen molar-refractivity contribution in [3.05, 3.63) is 95.4 Å². The minimum absolute atomic E-state index is 0.0735. The van der Waals surface area contributed by atoms with Crippen molar-refractivity contribution in [2.75, 3.05) is 11.1 Å². The Balaban J connectivity index is 1.64. The number of rotatable bonds is 6. The number of benzene rings is 3. The fourth-order valence-corrected chi connectivity index (χ4v) is 4.95. The summed E-state index contributed by atoms with van der Waals surface area (Å²) in [6.07, 6.45) is 1.54. The second-order valence-electron chi connectivity index (χ2n) is 7.04. The molecule has 1 amide bonds. The smallest absolute Gasteiger partial charge is 0.239 e. The van der Waals surface area contributed by atoms with Gasteiger partial charge in [0.1, 0.15) is 11.6 Å². The molecule has 0 aliphatic carbocycles. The minimum Gasteiger partial charge on any atom is -0.342 e. The van der Waals surface area contributed by atoms with Gasteiger partial charge in [0.25, 0.3) is 0 Å². The maximum absolute atomic E-state index is 13.1. The summed E-state index contributed by atoms with van der Waals surface area (Å²) < 4.78 is 41.0. The third-order valence-corrected chi connectivity index (χ3v) is 6.84. The summed E-state index contributed by atoms with van der Waals surface area (Å²) >= 11 is 6.27. The molecule has 4 aromatic rings. The van der Waals surface area contributed by atoms with Crippen LogP contribution in [0.1, 0.15) is 5.56 Å². The number of hydrogen-bond donors (Lipinski definition) is 1. The fraction of sp³-hybridized carbons (Fsp3) is 0.0870. The lowest BCUT2D eigenvalue weighted by molar-refractivity contribution is -0.113. The maximum Gasteiger partial charge on any atom is 0.239 e. The number of fused-ring (bicyclic) bond motifs is 1. The lowest BCUT2D eigenvalue weighted by Crippen LogP contribution is -2.23. The Labute approximate surface area is 184 Å². The second-order valence-corrected chi connectivity index (χ2v) is 9.41. The summed E-state index contributed by atoms with van der Waals surface area (Å²) in [5.41, 5.74) is 1.89. The largest absolute Gasteiger partial charge is 0.342 e. The molecule has 1 N–H and O–H groups in total. The molecular formula is C23H18ClFN2O3S. The molecule has 0 saturated carbocycles. The minimum atomic E-state index is -3.94. The third-order valence-electron chi connectivity index (χ3n) is 4.83. The van der Waals surface area contributed by atoms with Crippen LogP contribution in [0.4, 0.5) is 10.1 Å². The van der Waals surface area contributed by atoms with E-state index in [1.807, 2.05) is 30.3 Å². The number of anilines is 1. The summed E-state index contributed by atoms with van der Waals surface area (Å²) in [5.74, 6) is -1.88. The van der Waals surface area contributed by atoms with E-state index in [0.29, 0.717) is 22.6 Å². The van der Waals surface area contributed by atoms with Gasteiger partial charge in [-0.15, -0.1) is 0 Å². The predicted molar refractivity (Wildman–Crippen MR) is 120 cm³/mol. The quantitative estimate of drug-likeness (QED) is 0.449. The van der Waals surface area contributed by atoms with E-state index >= 15 is 0 Å². The monoisotopic (exact) mass is 456 g/mol. The molecular weight excluding hydrogens is 439 g/mol. The number of nitrogens with one attached hydrogen (secondary N) is 1. The summed E-state index contributed by atoms with van der Waals surface area (Å²) in [5, 5.41) is 3.61. The Bertz CT molecular complexity index is 1370. The highest BCUT2D eigenvalue weighted by molar-refractivity contribution is 7.92. The number of halogens is 2. The number of sulfone groups is 1.